The van der Waals surface area contributed by atoms with Gasteiger partial charge in [-0.3, -0.25) is 0 Å². The van der Waals surface area contributed by atoms with Gasteiger partial charge in [-0.1, -0.05) is 34.9 Å². The molecule has 0 fully saturated rings. The van der Waals surface area contributed by atoms with Crippen molar-refractivity contribution >= 4 is 11.0 Å². The average Bonchev–Trinajstić information content (AvgIpc) is 2.87. The Balaban J connectivity index is 1.96. The minimum atomic E-state index is 0.903. The highest BCUT2D eigenvalue weighted by Gasteiger charge is 2.08. The van der Waals surface area contributed by atoms with E-state index in [1.165, 1.54) is 39.8 Å². The van der Waals surface area contributed by atoms with Crippen molar-refractivity contribution in [3.05, 3.63) is 64.0 Å². The second kappa shape index (κ2) is 9.73. The molecule has 0 bridgehead atoms. The van der Waals surface area contributed by atoms with Crippen molar-refractivity contribution in [2.24, 2.45) is 0 Å². The number of aryl methyl sites for hydroxylation is 3. The number of hydrogen-bond donors (Lipinski definition) is 0. The summed E-state index contributed by atoms with van der Waals surface area (Å²) in [5.41, 5.74) is 9.36. The molecule has 0 saturated heterocycles. The van der Waals surface area contributed by atoms with Crippen LogP contribution in [-0.2, 0) is 6.54 Å². The van der Waals surface area contributed by atoms with Crippen LogP contribution in [0.15, 0.2) is 47.1 Å². The molecule has 0 radical (unpaired) electrons. The minimum absolute atomic E-state index is 0.903. The van der Waals surface area contributed by atoms with Gasteiger partial charge in [0.1, 0.15) is 5.82 Å². The van der Waals surface area contributed by atoms with Crippen LogP contribution in [0, 0.1) is 20.8 Å². The lowest BCUT2D eigenvalue weighted by Crippen LogP contribution is -1.99. The number of fused-ring (bicyclic) bond motifs is 1. The highest BCUT2D eigenvalue weighted by Crippen LogP contribution is 2.21. The monoisotopic (exact) mass is 364 g/mol. The maximum Gasteiger partial charge on any atom is 0.107 e. The molecule has 0 aliphatic carbocycles. The van der Waals surface area contributed by atoms with Crippen molar-refractivity contribution in [1.29, 1.82) is 0 Å². The van der Waals surface area contributed by atoms with Crippen molar-refractivity contribution in [3.8, 4) is 0 Å². The fourth-order valence-electron chi connectivity index (χ4n) is 3.32. The second-order valence-corrected chi connectivity index (χ2v) is 8.15. The van der Waals surface area contributed by atoms with E-state index in [1.54, 1.807) is 0 Å². The van der Waals surface area contributed by atoms with Crippen LogP contribution < -0.4 is 0 Å². The van der Waals surface area contributed by atoms with Gasteiger partial charge in [0.2, 0.25) is 0 Å². The van der Waals surface area contributed by atoms with Crippen LogP contribution in [0.4, 0.5) is 0 Å². The summed E-state index contributed by atoms with van der Waals surface area (Å²) in [6, 6.07) is 4.47. The van der Waals surface area contributed by atoms with Crippen LogP contribution in [0.25, 0.3) is 11.0 Å². The van der Waals surface area contributed by atoms with Crippen molar-refractivity contribution in [2.45, 2.75) is 80.7 Å². The lowest BCUT2D eigenvalue weighted by molar-refractivity contribution is 0.793. The van der Waals surface area contributed by atoms with E-state index in [1.807, 2.05) is 0 Å². The van der Waals surface area contributed by atoms with E-state index in [-0.39, 0.29) is 0 Å². The third-order valence-electron chi connectivity index (χ3n) is 5.30. The zero-order valence-electron chi connectivity index (χ0n) is 18.3. The number of imidazole rings is 1. The molecular formula is C25H36N2. The molecule has 0 amide bonds. The van der Waals surface area contributed by atoms with E-state index in [2.05, 4.69) is 83.4 Å². The number of aromatic nitrogens is 2. The van der Waals surface area contributed by atoms with Gasteiger partial charge in [0, 0.05) is 6.54 Å². The highest BCUT2D eigenvalue weighted by molar-refractivity contribution is 5.78. The first-order valence-electron chi connectivity index (χ1n) is 10.2. The van der Waals surface area contributed by atoms with Gasteiger partial charge >= 0.3 is 0 Å². The van der Waals surface area contributed by atoms with Crippen molar-refractivity contribution < 1.29 is 0 Å². The molecule has 0 N–H and O–H groups in total. The maximum atomic E-state index is 4.74. The summed E-state index contributed by atoms with van der Waals surface area (Å²) in [6.07, 6.45) is 11.7. The van der Waals surface area contributed by atoms with E-state index < -0.39 is 0 Å². The molecule has 146 valence electrons. The zero-order valence-corrected chi connectivity index (χ0v) is 18.3. The zero-order chi connectivity index (χ0) is 20.0. The van der Waals surface area contributed by atoms with Crippen molar-refractivity contribution in [2.75, 3.05) is 0 Å². The van der Waals surface area contributed by atoms with Crippen molar-refractivity contribution in [3.63, 3.8) is 0 Å². The Morgan fingerprint density at radius 2 is 1.44 bits per heavy atom. The predicted molar refractivity (Wildman–Crippen MR) is 119 cm³/mol. The Bertz CT molecular complexity index is 871. The van der Waals surface area contributed by atoms with Gasteiger partial charge in [0.15, 0.2) is 0 Å². The van der Waals surface area contributed by atoms with E-state index in [4.69, 9.17) is 4.98 Å². The first kappa shape index (κ1) is 21.2. The molecular weight excluding hydrogens is 328 g/mol. The molecule has 0 aliphatic rings. The number of benzene rings is 1. The van der Waals surface area contributed by atoms with E-state index >= 15 is 0 Å². The fourth-order valence-corrected chi connectivity index (χ4v) is 3.32. The number of rotatable bonds is 8. The summed E-state index contributed by atoms with van der Waals surface area (Å²) in [4.78, 5) is 4.74. The summed E-state index contributed by atoms with van der Waals surface area (Å²) >= 11 is 0. The lowest BCUT2D eigenvalue weighted by Gasteiger charge is -2.07. The van der Waals surface area contributed by atoms with Gasteiger partial charge in [0.05, 0.1) is 11.0 Å². The Morgan fingerprint density at radius 1 is 0.852 bits per heavy atom. The molecule has 0 spiro atoms. The third kappa shape index (κ3) is 6.23. The van der Waals surface area contributed by atoms with Gasteiger partial charge in [0.25, 0.3) is 0 Å². The standard InChI is InChI=1S/C25H36N2/c1-18(2)10-8-11-19(3)12-9-13-20(4)14-15-27-23(7)26-24-16-21(5)22(6)17-25(24)27/h10,12,14,16-17H,8-9,11,13,15H2,1-7H3/b19-12+,20-14+. The smallest absolute Gasteiger partial charge is 0.107 e. The van der Waals surface area contributed by atoms with Gasteiger partial charge in [-0.25, -0.2) is 4.98 Å². The van der Waals surface area contributed by atoms with E-state index in [9.17, 15) is 0 Å². The van der Waals surface area contributed by atoms with Gasteiger partial charge < -0.3 is 4.57 Å². The van der Waals surface area contributed by atoms with Crippen LogP contribution in [0.1, 0.15) is 70.3 Å². The normalized spacial score (nSPS) is 12.7. The summed E-state index contributed by atoms with van der Waals surface area (Å²) < 4.78 is 2.33. The van der Waals surface area contributed by atoms with Crippen LogP contribution >= 0.6 is 0 Å². The lowest BCUT2D eigenvalue weighted by atomic mass is 10.1. The van der Waals surface area contributed by atoms with Gasteiger partial charge in [-0.2, -0.15) is 0 Å². The number of allylic oxidation sites excluding steroid dienone is 6. The molecule has 1 heterocycles. The molecule has 0 saturated carbocycles. The molecule has 0 unspecified atom stereocenters. The molecule has 2 heteroatoms. The molecule has 1 aromatic heterocycles. The Kier molecular flexibility index (Phi) is 7.65. The average molecular weight is 365 g/mol. The third-order valence-corrected chi connectivity index (χ3v) is 5.30. The van der Waals surface area contributed by atoms with Crippen LogP contribution in [0.2, 0.25) is 0 Å². The van der Waals surface area contributed by atoms with Crippen LogP contribution in [0.5, 0.6) is 0 Å². The first-order valence-corrected chi connectivity index (χ1v) is 10.2. The Hall–Kier alpha value is -2.09. The first-order chi connectivity index (χ1) is 12.8. The highest BCUT2D eigenvalue weighted by atomic mass is 15.1. The SMILES string of the molecule is CC(C)=CCC/C(C)=C/CC/C(C)=C/Cn1c(C)nc2cc(C)c(C)cc21. The Labute approximate surface area is 165 Å². The largest absolute Gasteiger partial charge is 0.324 e. The molecule has 27 heavy (non-hydrogen) atoms. The minimum Gasteiger partial charge on any atom is -0.324 e. The summed E-state index contributed by atoms with van der Waals surface area (Å²) in [5, 5.41) is 0. The molecule has 1 aromatic carbocycles. The van der Waals surface area contributed by atoms with Crippen molar-refractivity contribution in [1.82, 2.24) is 9.55 Å². The quantitative estimate of drug-likeness (QED) is 0.447. The number of hydrogen-bond acceptors (Lipinski definition) is 1. The number of nitrogens with zero attached hydrogens (tertiary/aromatic N) is 2. The maximum absolute atomic E-state index is 4.74. The van der Waals surface area contributed by atoms with Gasteiger partial charge in [-0.15, -0.1) is 0 Å². The van der Waals surface area contributed by atoms with Crippen LogP contribution in [-0.4, -0.2) is 9.55 Å². The summed E-state index contributed by atoms with van der Waals surface area (Å²) in [6.45, 7) is 16.2. The molecule has 2 rings (SSSR count). The Morgan fingerprint density at radius 3 is 2.11 bits per heavy atom. The fraction of sp³-hybridized carbons (Fsp3) is 0.480. The molecule has 2 aromatic rings. The van der Waals surface area contributed by atoms with E-state index in [0.717, 1.165) is 37.1 Å². The van der Waals surface area contributed by atoms with Gasteiger partial charge in [-0.05, 0) is 97.4 Å². The topological polar surface area (TPSA) is 17.8 Å². The van der Waals surface area contributed by atoms with E-state index in [0.29, 0.717) is 0 Å². The predicted octanol–water partition coefficient (Wildman–Crippen LogP) is 7.38. The molecule has 0 aliphatic heterocycles. The summed E-state index contributed by atoms with van der Waals surface area (Å²) in [5.74, 6) is 1.09. The van der Waals surface area contributed by atoms with Crippen LogP contribution in [0.3, 0.4) is 0 Å². The summed E-state index contributed by atoms with van der Waals surface area (Å²) in [7, 11) is 0. The molecule has 0 atom stereocenters. The second-order valence-electron chi connectivity index (χ2n) is 8.15. The molecule has 2 nitrogen and oxygen atoms in total.